The zero-order valence-electron chi connectivity index (χ0n) is 24.0. The van der Waals surface area contributed by atoms with E-state index in [2.05, 4.69) is 76.1 Å². The van der Waals surface area contributed by atoms with E-state index in [-0.39, 0.29) is 0 Å². The molecular formula is C32H39N3O3. The van der Waals surface area contributed by atoms with E-state index in [1.165, 1.54) is 57.6 Å². The van der Waals surface area contributed by atoms with Crippen LogP contribution in [0.15, 0.2) is 27.6 Å². The molecule has 0 heterocycles. The molecule has 0 atom stereocenters. The van der Waals surface area contributed by atoms with Crippen LogP contribution in [0.2, 0.25) is 0 Å². The maximum Gasteiger partial charge on any atom is 0.0739 e. The van der Waals surface area contributed by atoms with Crippen LogP contribution in [0.3, 0.4) is 0 Å². The third-order valence-electron chi connectivity index (χ3n) is 8.27. The van der Waals surface area contributed by atoms with Crippen molar-refractivity contribution in [3.05, 3.63) is 101 Å². The molecule has 6 heteroatoms. The summed E-state index contributed by atoms with van der Waals surface area (Å²) in [6.45, 7) is 18.8. The molecule has 0 aliphatic rings. The van der Waals surface area contributed by atoms with Crippen LogP contribution in [0.5, 0.6) is 0 Å². The van der Waals surface area contributed by atoms with Gasteiger partial charge in [-0.05, 0) is 147 Å². The zero-order chi connectivity index (χ0) is 28.3. The minimum absolute atomic E-state index is 0.704. The van der Waals surface area contributed by atoms with Crippen LogP contribution in [0.25, 0.3) is 0 Å². The number of nitrogens with zero attached hydrogens (tertiary/aromatic N) is 3. The van der Waals surface area contributed by atoms with E-state index in [1.807, 2.05) is 13.8 Å². The summed E-state index contributed by atoms with van der Waals surface area (Å²) in [5, 5.41) is 38.0. The Hall–Kier alpha value is -3.93. The van der Waals surface area contributed by atoms with E-state index in [1.54, 1.807) is 0 Å². The molecule has 3 aromatic rings. The van der Waals surface area contributed by atoms with Gasteiger partial charge in [-0.1, -0.05) is 27.6 Å². The van der Waals surface area contributed by atoms with Gasteiger partial charge in [-0.3, -0.25) is 0 Å². The van der Waals surface area contributed by atoms with E-state index < -0.39 is 0 Å². The smallest absolute Gasteiger partial charge is 0.0739 e. The van der Waals surface area contributed by atoms with Gasteiger partial charge in [0.05, 0.1) is 18.6 Å². The zero-order valence-corrected chi connectivity index (χ0v) is 24.0. The molecule has 3 N–H and O–H groups in total. The molecule has 0 saturated carbocycles. The summed E-state index contributed by atoms with van der Waals surface area (Å²) in [5.41, 5.74) is 17.6. The highest BCUT2D eigenvalue weighted by Gasteiger charge is 2.21. The summed E-state index contributed by atoms with van der Waals surface area (Å²) < 4.78 is 0. The van der Waals surface area contributed by atoms with Gasteiger partial charge in [0.1, 0.15) is 0 Å². The lowest BCUT2D eigenvalue weighted by atomic mass is 9.80. The normalized spacial score (nSPS) is 12.0. The van der Waals surface area contributed by atoms with E-state index in [4.69, 9.17) is 0 Å². The molecule has 3 rings (SSSR count). The van der Waals surface area contributed by atoms with E-state index >= 15 is 0 Å². The molecular weight excluding hydrogens is 474 g/mol. The van der Waals surface area contributed by atoms with Crippen molar-refractivity contribution in [3.8, 4) is 0 Å². The summed E-state index contributed by atoms with van der Waals surface area (Å²) in [6.07, 6.45) is 5.96. The Bertz CT molecular complexity index is 1380. The van der Waals surface area contributed by atoms with Gasteiger partial charge in [0, 0.05) is 16.7 Å². The minimum atomic E-state index is 0.704. The first-order valence-electron chi connectivity index (χ1n) is 12.8. The van der Waals surface area contributed by atoms with Crippen molar-refractivity contribution < 1.29 is 15.6 Å². The fourth-order valence-corrected chi connectivity index (χ4v) is 6.03. The minimum Gasteiger partial charge on any atom is -0.411 e. The van der Waals surface area contributed by atoms with Crippen molar-refractivity contribution in [2.45, 2.75) is 75.2 Å². The highest BCUT2D eigenvalue weighted by Crippen LogP contribution is 2.34. The molecule has 0 aliphatic heterocycles. The van der Waals surface area contributed by atoms with Gasteiger partial charge in [-0.15, -0.1) is 0 Å². The van der Waals surface area contributed by atoms with Crippen LogP contribution in [-0.2, 0) is 12.8 Å². The van der Waals surface area contributed by atoms with Crippen molar-refractivity contribution in [3.63, 3.8) is 0 Å². The van der Waals surface area contributed by atoms with Crippen LogP contribution in [0, 0.1) is 62.3 Å². The van der Waals surface area contributed by atoms with Gasteiger partial charge in [-0.25, -0.2) is 0 Å². The summed E-state index contributed by atoms with van der Waals surface area (Å²) in [4.78, 5) is 0. The molecule has 0 radical (unpaired) electrons. The van der Waals surface area contributed by atoms with Gasteiger partial charge in [0.15, 0.2) is 0 Å². The van der Waals surface area contributed by atoms with Crippen molar-refractivity contribution in [1.82, 2.24) is 0 Å². The van der Waals surface area contributed by atoms with E-state index in [9.17, 15) is 15.6 Å². The van der Waals surface area contributed by atoms with Gasteiger partial charge in [0.2, 0.25) is 0 Å². The largest absolute Gasteiger partial charge is 0.411 e. The lowest BCUT2D eigenvalue weighted by Crippen LogP contribution is -2.12. The Balaban J connectivity index is 2.29. The predicted octanol–water partition coefficient (Wildman–Crippen LogP) is 7.07. The van der Waals surface area contributed by atoms with Crippen molar-refractivity contribution >= 4 is 18.6 Å². The molecule has 38 heavy (non-hydrogen) atoms. The highest BCUT2D eigenvalue weighted by molar-refractivity contribution is 5.87. The third kappa shape index (κ3) is 5.21. The average molecular weight is 514 g/mol. The quantitative estimate of drug-likeness (QED) is 0.179. The molecule has 0 saturated heterocycles. The maximum atomic E-state index is 9.52. The van der Waals surface area contributed by atoms with Gasteiger partial charge >= 0.3 is 0 Å². The standard InChI is InChI=1S/C32H39N3O3/c1-17-10-19(3)30(14-33-36)21(5)26(17)12-28-23(7)29(25(9)32(16-35-38)24(28)8)13-27-18(2)11-20(4)31(15-34-37)22(27)6/h10-11,14-16,36-38H,12-13H2,1-9H3. The topological polar surface area (TPSA) is 97.8 Å². The van der Waals surface area contributed by atoms with E-state index in [0.29, 0.717) is 12.8 Å². The van der Waals surface area contributed by atoms with Crippen LogP contribution in [-0.4, -0.2) is 34.3 Å². The Kier molecular flexibility index (Phi) is 8.77. The Morgan fingerprint density at radius 3 is 1.11 bits per heavy atom. The first-order valence-corrected chi connectivity index (χ1v) is 12.8. The second kappa shape index (κ2) is 11.6. The average Bonchev–Trinajstić information content (AvgIpc) is 2.86. The number of aryl methyl sites for hydroxylation is 4. The lowest BCUT2D eigenvalue weighted by molar-refractivity contribution is 0.321. The number of rotatable bonds is 7. The summed E-state index contributed by atoms with van der Waals surface area (Å²) in [7, 11) is 0. The molecule has 0 spiro atoms. The van der Waals surface area contributed by atoms with Crippen LogP contribution >= 0.6 is 0 Å². The van der Waals surface area contributed by atoms with Crippen LogP contribution < -0.4 is 0 Å². The van der Waals surface area contributed by atoms with Gasteiger partial charge in [0.25, 0.3) is 0 Å². The Morgan fingerprint density at radius 2 is 0.763 bits per heavy atom. The molecule has 3 aromatic carbocycles. The molecule has 0 fully saturated rings. The SMILES string of the molecule is Cc1cc(C)c(Cc2c(C)c(C=NO)c(C)c(Cc3c(C)cc(C)c(C=NO)c3C)c2C)c(C)c1C=NO. The van der Waals surface area contributed by atoms with Crippen LogP contribution in [0.1, 0.15) is 89.0 Å². The summed E-state index contributed by atoms with van der Waals surface area (Å²) in [5.74, 6) is 0. The van der Waals surface area contributed by atoms with Gasteiger partial charge < -0.3 is 15.6 Å². The second-order valence-corrected chi connectivity index (χ2v) is 10.4. The summed E-state index contributed by atoms with van der Waals surface area (Å²) >= 11 is 0. The number of oxime groups is 3. The Morgan fingerprint density at radius 1 is 0.447 bits per heavy atom. The first kappa shape index (κ1) is 28.6. The highest BCUT2D eigenvalue weighted by atomic mass is 16.4. The lowest BCUT2D eigenvalue weighted by Gasteiger charge is -2.24. The third-order valence-corrected chi connectivity index (χ3v) is 8.27. The second-order valence-electron chi connectivity index (χ2n) is 10.4. The van der Waals surface area contributed by atoms with Crippen molar-refractivity contribution in [2.24, 2.45) is 15.5 Å². The Labute approximate surface area is 226 Å². The number of hydrogen-bond donors (Lipinski definition) is 3. The van der Waals surface area contributed by atoms with Crippen LogP contribution in [0.4, 0.5) is 0 Å². The first-order chi connectivity index (χ1) is 18.0. The predicted molar refractivity (Wildman–Crippen MR) is 156 cm³/mol. The fourth-order valence-electron chi connectivity index (χ4n) is 6.03. The molecule has 0 aliphatic carbocycles. The monoisotopic (exact) mass is 513 g/mol. The molecule has 0 unspecified atom stereocenters. The fraction of sp³-hybridized carbons (Fsp3) is 0.344. The molecule has 6 nitrogen and oxygen atoms in total. The molecule has 0 aromatic heterocycles. The van der Waals surface area contributed by atoms with Gasteiger partial charge in [-0.2, -0.15) is 0 Å². The number of hydrogen-bond acceptors (Lipinski definition) is 6. The maximum absolute atomic E-state index is 9.52. The molecule has 0 bridgehead atoms. The van der Waals surface area contributed by atoms with Crippen molar-refractivity contribution in [2.75, 3.05) is 0 Å². The van der Waals surface area contributed by atoms with Crippen molar-refractivity contribution in [1.29, 1.82) is 0 Å². The van der Waals surface area contributed by atoms with E-state index in [0.717, 1.165) is 50.1 Å². The molecule has 0 amide bonds. The molecule has 200 valence electrons. The summed E-state index contributed by atoms with van der Waals surface area (Å²) in [6, 6.07) is 4.27. The number of benzene rings is 3.